The van der Waals surface area contributed by atoms with Crippen molar-refractivity contribution in [3.05, 3.63) is 94.6 Å². The fourth-order valence-corrected chi connectivity index (χ4v) is 4.38. The molecule has 0 aliphatic heterocycles. The summed E-state index contributed by atoms with van der Waals surface area (Å²) in [5.74, 6) is -0.0479. The van der Waals surface area contributed by atoms with Gasteiger partial charge < -0.3 is 10.1 Å². The van der Waals surface area contributed by atoms with Crippen molar-refractivity contribution in [3.63, 3.8) is 0 Å². The second-order valence-electron chi connectivity index (χ2n) is 9.00. The van der Waals surface area contributed by atoms with E-state index >= 15 is 0 Å². The summed E-state index contributed by atoms with van der Waals surface area (Å²) in [4.78, 5) is 17.9. The number of fused-ring (bicyclic) bond motifs is 1. The Balaban J connectivity index is 1.51. The van der Waals surface area contributed by atoms with Gasteiger partial charge in [-0.25, -0.2) is 18.3 Å². The molecule has 8 nitrogen and oxygen atoms in total. The first-order valence-corrected chi connectivity index (χ1v) is 12.0. The molecule has 1 N–H and O–H groups in total. The Labute approximate surface area is 217 Å². The van der Waals surface area contributed by atoms with E-state index in [1.54, 1.807) is 31.2 Å². The van der Waals surface area contributed by atoms with Gasteiger partial charge in [-0.2, -0.15) is 10.2 Å². The molecule has 1 amide bonds. The van der Waals surface area contributed by atoms with Gasteiger partial charge in [0.05, 0.1) is 42.6 Å². The molecule has 0 unspecified atom stereocenters. The fourth-order valence-electron chi connectivity index (χ4n) is 4.38. The highest BCUT2D eigenvalue weighted by atomic mass is 19.3. The van der Waals surface area contributed by atoms with Crippen LogP contribution in [-0.4, -0.2) is 37.4 Å². The molecular weight excluding hydrogens is 490 g/mol. The van der Waals surface area contributed by atoms with Gasteiger partial charge in [-0.1, -0.05) is 42.0 Å². The van der Waals surface area contributed by atoms with Gasteiger partial charge in [0.2, 0.25) is 0 Å². The number of para-hydroxylation sites is 1. The number of methoxy groups -OCH3 is 1. The summed E-state index contributed by atoms with van der Waals surface area (Å²) in [6, 6.07) is 16.4. The number of aryl methyl sites for hydroxylation is 2. The second kappa shape index (κ2) is 10.0. The monoisotopic (exact) mass is 516 g/mol. The van der Waals surface area contributed by atoms with Crippen LogP contribution in [0.4, 0.5) is 14.5 Å². The molecule has 2 aromatic carbocycles. The quantitative estimate of drug-likeness (QED) is 0.297. The number of hydrogen-bond donors (Lipinski definition) is 1. The van der Waals surface area contributed by atoms with Crippen molar-refractivity contribution >= 4 is 17.2 Å². The van der Waals surface area contributed by atoms with Gasteiger partial charge in [-0.15, -0.1) is 0 Å². The predicted octanol–water partition coefficient (Wildman–Crippen LogP) is 5.76. The van der Waals surface area contributed by atoms with Crippen LogP contribution in [0.5, 0.6) is 5.75 Å². The minimum absolute atomic E-state index is 0.0172. The smallest absolute Gasteiger partial charge is 0.280 e. The van der Waals surface area contributed by atoms with Gasteiger partial charge in [0.1, 0.15) is 17.0 Å². The number of halogens is 2. The number of nitrogens with one attached hydrogen (secondary N) is 1. The molecule has 0 saturated carbocycles. The Morgan fingerprint density at radius 1 is 1.08 bits per heavy atom. The summed E-state index contributed by atoms with van der Waals surface area (Å²) < 4.78 is 36.2. The van der Waals surface area contributed by atoms with Gasteiger partial charge in [-0.05, 0) is 44.5 Å². The summed E-state index contributed by atoms with van der Waals surface area (Å²) in [5.41, 5.74) is 4.67. The number of benzene rings is 2. The van der Waals surface area contributed by atoms with E-state index in [2.05, 4.69) is 20.5 Å². The lowest BCUT2D eigenvalue weighted by Crippen LogP contribution is -2.14. The number of carbonyl (C=O) groups excluding carboxylic acids is 1. The van der Waals surface area contributed by atoms with E-state index in [-0.39, 0.29) is 22.6 Å². The lowest BCUT2D eigenvalue weighted by molar-refractivity contribution is 0.102. The van der Waals surface area contributed by atoms with E-state index < -0.39 is 12.3 Å². The molecule has 5 aromatic rings. The number of carbonyl (C=O) groups is 1. The molecule has 5 rings (SSSR count). The number of hydrogen-bond acceptors (Lipinski definition) is 5. The highest BCUT2D eigenvalue weighted by Gasteiger charge is 2.24. The first kappa shape index (κ1) is 25.1. The summed E-state index contributed by atoms with van der Waals surface area (Å²) in [6.07, 6.45) is -1.59. The minimum Gasteiger partial charge on any atom is -0.496 e. The maximum Gasteiger partial charge on any atom is 0.280 e. The molecule has 3 aromatic heterocycles. The van der Waals surface area contributed by atoms with Crippen LogP contribution < -0.4 is 10.1 Å². The Bertz CT molecular complexity index is 1640. The van der Waals surface area contributed by atoms with Crippen LogP contribution in [0.25, 0.3) is 16.9 Å². The fraction of sp³-hybridized carbons (Fsp3) is 0.214. The molecular formula is C28H26F2N6O2. The van der Waals surface area contributed by atoms with Crippen LogP contribution in [0.3, 0.4) is 0 Å². The summed E-state index contributed by atoms with van der Waals surface area (Å²) in [5, 5.41) is 11.5. The van der Waals surface area contributed by atoms with E-state index in [1.165, 1.54) is 24.9 Å². The molecule has 38 heavy (non-hydrogen) atoms. The van der Waals surface area contributed by atoms with Crippen molar-refractivity contribution in [1.82, 2.24) is 24.4 Å². The summed E-state index contributed by atoms with van der Waals surface area (Å²) in [7, 11) is 1.49. The minimum atomic E-state index is -2.84. The van der Waals surface area contributed by atoms with Crippen LogP contribution in [-0.2, 0) is 6.54 Å². The summed E-state index contributed by atoms with van der Waals surface area (Å²) >= 11 is 0. The summed E-state index contributed by atoms with van der Waals surface area (Å²) in [6.45, 7) is 6.24. The average molecular weight is 517 g/mol. The number of ether oxygens (including phenoxy) is 1. The topological polar surface area (TPSA) is 86.3 Å². The van der Waals surface area contributed by atoms with Crippen molar-refractivity contribution < 1.29 is 18.3 Å². The molecule has 0 fully saturated rings. The molecule has 194 valence electrons. The molecule has 0 atom stereocenters. The van der Waals surface area contributed by atoms with Crippen LogP contribution in [0, 0.1) is 20.8 Å². The Kier molecular flexibility index (Phi) is 6.62. The lowest BCUT2D eigenvalue weighted by Gasteiger charge is -2.11. The van der Waals surface area contributed by atoms with E-state index in [9.17, 15) is 13.6 Å². The number of anilines is 1. The standard InChI is InChI=1S/C28H26F2N6O2/c1-16-9-11-19(12-10-16)15-35-18(3)25(17(2)34-35)33-28(37)21-14-31-36-23(26(29)30)13-22(32-27(21)36)20-7-5-6-8-24(20)38-4/h5-14,26H,15H2,1-4H3,(H,33,37). The van der Waals surface area contributed by atoms with Crippen molar-refractivity contribution in [2.24, 2.45) is 0 Å². The van der Waals surface area contributed by atoms with Gasteiger partial charge in [-0.3, -0.25) is 9.48 Å². The molecule has 3 heterocycles. The van der Waals surface area contributed by atoms with Crippen LogP contribution in [0.1, 0.15) is 45.0 Å². The van der Waals surface area contributed by atoms with E-state index in [0.29, 0.717) is 29.2 Å². The first-order valence-electron chi connectivity index (χ1n) is 12.0. The van der Waals surface area contributed by atoms with Crippen molar-refractivity contribution in [2.75, 3.05) is 12.4 Å². The highest BCUT2D eigenvalue weighted by molar-refractivity contribution is 6.08. The first-order chi connectivity index (χ1) is 18.3. The third-order valence-corrected chi connectivity index (χ3v) is 6.42. The molecule has 0 spiro atoms. The van der Waals surface area contributed by atoms with E-state index in [0.717, 1.165) is 15.8 Å². The van der Waals surface area contributed by atoms with Crippen molar-refractivity contribution in [3.8, 4) is 17.0 Å². The SMILES string of the molecule is COc1ccccc1-c1cc(C(F)F)n2ncc(C(=O)Nc3c(C)nn(Cc4ccc(C)cc4)c3C)c2n1. The number of nitrogens with zero attached hydrogens (tertiary/aromatic N) is 5. The number of aromatic nitrogens is 5. The zero-order valence-electron chi connectivity index (χ0n) is 21.4. The zero-order valence-corrected chi connectivity index (χ0v) is 21.4. The average Bonchev–Trinajstić information content (AvgIpc) is 3.45. The van der Waals surface area contributed by atoms with Gasteiger partial charge in [0, 0.05) is 5.56 Å². The highest BCUT2D eigenvalue weighted by Crippen LogP contribution is 2.32. The molecule has 10 heteroatoms. The van der Waals surface area contributed by atoms with E-state index in [1.807, 2.05) is 42.8 Å². The largest absolute Gasteiger partial charge is 0.496 e. The Morgan fingerprint density at radius 3 is 2.53 bits per heavy atom. The Hall–Kier alpha value is -4.60. The number of alkyl halides is 2. The van der Waals surface area contributed by atoms with Crippen LogP contribution >= 0.6 is 0 Å². The van der Waals surface area contributed by atoms with Crippen molar-refractivity contribution in [2.45, 2.75) is 33.7 Å². The molecule has 0 aliphatic carbocycles. The van der Waals surface area contributed by atoms with Crippen molar-refractivity contribution in [1.29, 1.82) is 0 Å². The van der Waals surface area contributed by atoms with Gasteiger partial charge in [0.15, 0.2) is 5.65 Å². The lowest BCUT2D eigenvalue weighted by atomic mass is 10.1. The maximum absolute atomic E-state index is 14.0. The molecule has 0 radical (unpaired) electrons. The third kappa shape index (κ3) is 4.60. The normalized spacial score (nSPS) is 11.3. The second-order valence-corrected chi connectivity index (χ2v) is 9.00. The van der Waals surface area contributed by atoms with Crippen LogP contribution in [0.15, 0.2) is 60.8 Å². The van der Waals surface area contributed by atoms with E-state index in [4.69, 9.17) is 4.74 Å². The van der Waals surface area contributed by atoms with Gasteiger partial charge >= 0.3 is 0 Å². The number of amides is 1. The third-order valence-electron chi connectivity index (χ3n) is 6.42. The molecule has 0 bridgehead atoms. The molecule has 0 aliphatic rings. The van der Waals surface area contributed by atoms with Gasteiger partial charge in [0.25, 0.3) is 12.3 Å². The maximum atomic E-state index is 14.0. The Morgan fingerprint density at radius 2 is 1.82 bits per heavy atom. The van der Waals surface area contributed by atoms with Crippen LogP contribution in [0.2, 0.25) is 0 Å². The number of rotatable bonds is 7. The zero-order chi connectivity index (χ0) is 27.0. The predicted molar refractivity (Wildman–Crippen MR) is 140 cm³/mol. The molecule has 0 saturated heterocycles.